The molecule has 2 unspecified atom stereocenters. The number of hydrogen-bond acceptors (Lipinski definition) is 4. The summed E-state index contributed by atoms with van der Waals surface area (Å²) in [6.45, 7) is 11.9. The molecule has 0 aliphatic carbocycles. The van der Waals surface area contributed by atoms with Crippen molar-refractivity contribution in [3.8, 4) is 11.5 Å². The summed E-state index contributed by atoms with van der Waals surface area (Å²) < 4.78 is 16.9. The minimum Gasteiger partial charge on any atom is -0.492 e. The molecule has 0 amide bonds. The predicted octanol–water partition coefficient (Wildman–Crippen LogP) is 2.74. The van der Waals surface area contributed by atoms with E-state index >= 15 is 0 Å². The van der Waals surface area contributed by atoms with Crippen molar-refractivity contribution in [2.45, 2.75) is 26.1 Å². The molecule has 0 spiro atoms. The van der Waals surface area contributed by atoms with E-state index in [-0.39, 0.29) is 0 Å². The van der Waals surface area contributed by atoms with Crippen molar-refractivity contribution >= 4 is 0 Å². The lowest BCUT2D eigenvalue weighted by Gasteiger charge is -2.35. The molecule has 1 aliphatic heterocycles. The highest BCUT2D eigenvalue weighted by molar-refractivity contribution is 5.31. The van der Waals surface area contributed by atoms with E-state index in [0.29, 0.717) is 25.4 Å². The van der Waals surface area contributed by atoms with E-state index in [0.717, 1.165) is 31.1 Å². The van der Waals surface area contributed by atoms with Gasteiger partial charge in [-0.25, -0.2) is 0 Å². The summed E-state index contributed by atoms with van der Waals surface area (Å²) in [6.07, 6.45) is 2.33. The van der Waals surface area contributed by atoms with Gasteiger partial charge in [0.05, 0.1) is 12.2 Å². The first kappa shape index (κ1) is 15.9. The SMILES string of the molecule is C=CCOc1ccc(OCCN2CC(C)OC(C)C2)cc1. The van der Waals surface area contributed by atoms with Gasteiger partial charge in [-0.2, -0.15) is 0 Å². The lowest BCUT2D eigenvalue weighted by molar-refractivity contribution is -0.0699. The molecule has 0 N–H and O–H groups in total. The van der Waals surface area contributed by atoms with Gasteiger partial charge in [0.2, 0.25) is 0 Å². The molecular weight excluding hydrogens is 266 g/mol. The van der Waals surface area contributed by atoms with Gasteiger partial charge >= 0.3 is 0 Å². The monoisotopic (exact) mass is 291 g/mol. The maximum absolute atomic E-state index is 5.78. The van der Waals surface area contributed by atoms with Gasteiger partial charge < -0.3 is 14.2 Å². The topological polar surface area (TPSA) is 30.9 Å². The number of hydrogen-bond donors (Lipinski definition) is 0. The lowest BCUT2D eigenvalue weighted by atomic mass is 10.2. The van der Waals surface area contributed by atoms with E-state index in [4.69, 9.17) is 14.2 Å². The molecule has 116 valence electrons. The van der Waals surface area contributed by atoms with Gasteiger partial charge in [0.1, 0.15) is 24.7 Å². The average Bonchev–Trinajstić information content (AvgIpc) is 2.45. The molecule has 0 aromatic heterocycles. The Balaban J connectivity index is 1.71. The summed E-state index contributed by atoms with van der Waals surface area (Å²) >= 11 is 0. The summed E-state index contributed by atoms with van der Waals surface area (Å²) in [7, 11) is 0. The van der Waals surface area contributed by atoms with Crippen LogP contribution in [0, 0.1) is 0 Å². The fourth-order valence-corrected chi connectivity index (χ4v) is 2.55. The number of benzene rings is 1. The normalized spacial score (nSPS) is 22.8. The second kappa shape index (κ2) is 8.05. The first-order valence-corrected chi connectivity index (χ1v) is 7.51. The third-order valence-corrected chi connectivity index (χ3v) is 3.36. The number of rotatable bonds is 7. The predicted molar refractivity (Wildman–Crippen MR) is 84.1 cm³/mol. The first-order chi connectivity index (χ1) is 10.2. The van der Waals surface area contributed by atoms with Gasteiger partial charge in [-0.05, 0) is 38.1 Å². The average molecular weight is 291 g/mol. The Morgan fingerprint density at radius 1 is 1.14 bits per heavy atom. The number of nitrogens with zero attached hydrogens (tertiary/aromatic N) is 1. The molecule has 0 saturated carbocycles. The first-order valence-electron chi connectivity index (χ1n) is 7.51. The van der Waals surface area contributed by atoms with E-state index in [1.54, 1.807) is 6.08 Å². The Morgan fingerprint density at radius 3 is 2.29 bits per heavy atom. The van der Waals surface area contributed by atoms with Crippen molar-refractivity contribution in [3.05, 3.63) is 36.9 Å². The molecule has 21 heavy (non-hydrogen) atoms. The van der Waals surface area contributed by atoms with Crippen molar-refractivity contribution in [2.75, 3.05) is 32.8 Å². The fraction of sp³-hybridized carbons (Fsp3) is 0.529. The van der Waals surface area contributed by atoms with Crippen LogP contribution in [0.3, 0.4) is 0 Å². The molecule has 1 heterocycles. The van der Waals surface area contributed by atoms with Crippen molar-refractivity contribution in [1.82, 2.24) is 4.90 Å². The van der Waals surface area contributed by atoms with Crippen molar-refractivity contribution in [1.29, 1.82) is 0 Å². The summed E-state index contributed by atoms with van der Waals surface area (Å²) in [6, 6.07) is 7.70. The molecule has 1 fully saturated rings. The molecule has 0 bridgehead atoms. The van der Waals surface area contributed by atoms with Crippen molar-refractivity contribution in [3.63, 3.8) is 0 Å². The molecular formula is C17H25NO3. The van der Waals surface area contributed by atoms with Gasteiger partial charge in [-0.15, -0.1) is 0 Å². The molecule has 0 radical (unpaired) electrons. The second-order valence-electron chi connectivity index (χ2n) is 5.44. The number of morpholine rings is 1. The molecule has 2 atom stereocenters. The van der Waals surface area contributed by atoms with E-state index in [9.17, 15) is 0 Å². The Kier molecular flexibility index (Phi) is 6.08. The van der Waals surface area contributed by atoms with E-state index in [1.807, 2.05) is 24.3 Å². The Morgan fingerprint density at radius 2 is 1.71 bits per heavy atom. The Labute approximate surface area is 127 Å². The van der Waals surface area contributed by atoms with Gasteiger partial charge in [0.25, 0.3) is 0 Å². The smallest absolute Gasteiger partial charge is 0.120 e. The molecule has 4 heteroatoms. The van der Waals surface area contributed by atoms with Gasteiger partial charge in [0.15, 0.2) is 0 Å². The maximum atomic E-state index is 5.78. The Hall–Kier alpha value is -1.52. The molecule has 1 aromatic rings. The van der Waals surface area contributed by atoms with Crippen LogP contribution in [0.15, 0.2) is 36.9 Å². The summed E-state index contributed by atoms with van der Waals surface area (Å²) in [5.41, 5.74) is 0. The van der Waals surface area contributed by atoms with Crippen LogP contribution in [0.1, 0.15) is 13.8 Å². The Bertz CT molecular complexity index is 422. The number of ether oxygens (including phenoxy) is 3. The zero-order valence-corrected chi connectivity index (χ0v) is 13.0. The van der Waals surface area contributed by atoms with Gasteiger partial charge in [-0.1, -0.05) is 12.7 Å². The van der Waals surface area contributed by atoms with Gasteiger partial charge in [0, 0.05) is 19.6 Å². The zero-order valence-electron chi connectivity index (χ0n) is 13.0. The van der Waals surface area contributed by atoms with Gasteiger partial charge in [-0.3, -0.25) is 4.90 Å². The molecule has 1 aliphatic rings. The van der Waals surface area contributed by atoms with E-state index in [1.165, 1.54) is 0 Å². The van der Waals surface area contributed by atoms with Crippen LogP contribution in [0.2, 0.25) is 0 Å². The minimum absolute atomic E-state index is 0.301. The fourth-order valence-electron chi connectivity index (χ4n) is 2.55. The quantitative estimate of drug-likeness (QED) is 0.723. The highest BCUT2D eigenvalue weighted by Crippen LogP contribution is 2.18. The van der Waals surface area contributed by atoms with Crippen LogP contribution in [-0.2, 0) is 4.74 Å². The highest BCUT2D eigenvalue weighted by atomic mass is 16.5. The van der Waals surface area contributed by atoms with E-state index in [2.05, 4.69) is 25.3 Å². The van der Waals surface area contributed by atoms with Crippen LogP contribution < -0.4 is 9.47 Å². The molecule has 1 saturated heterocycles. The lowest BCUT2D eigenvalue weighted by Crippen LogP contribution is -2.46. The molecule has 1 aromatic carbocycles. The third kappa shape index (κ3) is 5.40. The van der Waals surface area contributed by atoms with E-state index < -0.39 is 0 Å². The summed E-state index contributed by atoms with van der Waals surface area (Å²) in [4.78, 5) is 2.39. The van der Waals surface area contributed by atoms with Crippen LogP contribution in [0.4, 0.5) is 0 Å². The molecule has 4 nitrogen and oxygen atoms in total. The molecule has 2 rings (SSSR count). The van der Waals surface area contributed by atoms with Crippen LogP contribution >= 0.6 is 0 Å². The third-order valence-electron chi connectivity index (χ3n) is 3.36. The zero-order chi connectivity index (χ0) is 15.1. The van der Waals surface area contributed by atoms with Crippen LogP contribution in [0.25, 0.3) is 0 Å². The summed E-state index contributed by atoms with van der Waals surface area (Å²) in [5, 5.41) is 0. The summed E-state index contributed by atoms with van der Waals surface area (Å²) in [5.74, 6) is 1.70. The van der Waals surface area contributed by atoms with Crippen molar-refractivity contribution in [2.24, 2.45) is 0 Å². The minimum atomic E-state index is 0.301. The standard InChI is InChI=1S/C17H25NO3/c1-4-10-19-16-5-7-17(8-6-16)20-11-9-18-12-14(2)21-15(3)13-18/h4-8,14-15H,1,9-13H2,2-3H3. The second-order valence-corrected chi connectivity index (χ2v) is 5.44. The van der Waals surface area contributed by atoms with Crippen LogP contribution in [0.5, 0.6) is 11.5 Å². The largest absolute Gasteiger partial charge is 0.492 e. The van der Waals surface area contributed by atoms with Crippen molar-refractivity contribution < 1.29 is 14.2 Å². The highest BCUT2D eigenvalue weighted by Gasteiger charge is 2.21. The van der Waals surface area contributed by atoms with Crippen LogP contribution in [-0.4, -0.2) is 50.0 Å². The maximum Gasteiger partial charge on any atom is 0.120 e.